The van der Waals surface area contributed by atoms with E-state index in [-0.39, 0.29) is 5.91 Å². The Morgan fingerprint density at radius 1 is 0.844 bits per heavy atom. The van der Waals surface area contributed by atoms with Crippen LogP contribution in [0.25, 0.3) is 16.8 Å². The zero-order valence-electron chi connectivity index (χ0n) is 18.0. The van der Waals surface area contributed by atoms with Gasteiger partial charge in [0.1, 0.15) is 5.69 Å². The number of imidazole rings is 1. The molecule has 160 valence electrons. The van der Waals surface area contributed by atoms with Gasteiger partial charge in [-0.2, -0.15) is 0 Å². The average molecular weight is 425 g/mol. The predicted molar refractivity (Wildman–Crippen MR) is 122 cm³/mol. The first-order chi connectivity index (χ1) is 15.7. The van der Waals surface area contributed by atoms with Gasteiger partial charge in [0.2, 0.25) is 0 Å². The first-order valence-electron chi connectivity index (χ1n) is 10.4. The highest BCUT2D eigenvalue weighted by Gasteiger charge is 2.26. The summed E-state index contributed by atoms with van der Waals surface area (Å²) < 4.78 is 12.6. The molecular formula is C26H23N3O3. The number of carbonyl (C=O) groups excluding carboxylic acids is 1. The molecule has 0 saturated heterocycles. The molecule has 6 heteroatoms. The highest BCUT2D eigenvalue weighted by molar-refractivity contribution is 5.93. The van der Waals surface area contributed by atoms with Gasteiger partial charge in [-0.15, -0.1) is 0 Å². The molecule has 5 rings (SSSR count). The van der Waals surface area contributed by atoms with Crippen LogP contribution >= 0.6 is 0 Å². The number of aromatic nitrogens is 2. The minimum atomic E-state index is -0.0322. The van der Waals surface area contributed by atoms with E-state index in [0.717, 1.165) is 16.8 Å². The number of ether oxygens (including phenoxy) is 2. The Labute approximate surface area is 186 Å². The molecule has 1 aromatic heterocycles. The van der Waals surface area contributed by atoms with E-state index in [0.29, 0.717) is 30.3 Å². The number of hydrogen-bond donors (Lipinski definition) is 0. The first-order valence-corrected chi connectivity index (χ1v) is 10.4. The number of methoxy groups -OCH3 is 2. The lowest BCUT2D eigenvalue weighted by molar-refractivity contribution is 0.0743. The highest BCUT2D eigenvalue weighted by Crippen LogP contribution is 2.33. The van der Waals surface area contributed by atoms with Crippen molar-refractivity contribution in [1.82, 2.24) is 14.5 Å². The molecule has 0 aliphatic carbocycles. The summed E-state index contributed by atoms with van der Waals surface area (Å²) in [7, 11) is 3.24. The van der Waals surface area contributed by atoms with E-state index < -0.39 is 0 Å². The van der Waals surface area contributed by atoms with Crippen LogP contribution in [0.5, 0.6) is 11.5 Å². The van der Waals surface area contributed by atoms with Crippen molar-refractivity contribution in [3.63, 3.8) is 0 Å². The normalized spacial score (nSPS) is 12.5. The van der Waals surface area contributed by atoms with E-state index in [1.165, 1.54) is 11.1 Å². The molecule has 1 aliphatic heterocycles. The SMILES string of the molecule is COc1ccc(-c2cccc(-n3cncc3C(=O)N3Cc4ccccc4C3)c2)cc1OC. The van der Waals surface area contributed by atoms with E-state index in [4.69, 9.17) is 9.47 Å². The van der Waals surface area contributed by atoms with Gasteiger partial charge in [0.25, 0.3) is 5.91 Å². The Morgan fingerprint density at radius 3 is 2.28 bits per heavy atom. The Hall–Kier alpha value is -4.06. The third-order valence-corrected chi connectivity index (χ3v) is 5.83. The fourth-order valence-corrected chi connectivity index (χ4v) is 4.15. The molecule has 0 N–H and O–H groups in total. The molecule has 0 unspecified atom stereocenters. The Kier molecular flexibility index (Phi) is 5.11. The number of fused-ring (bicyclic) bond motifs is 1. The van der Waals surface area contributed by atoms with Crippen molar-refractivity contribution >= 4 is 5.91 Å². The van der Waals surface area contributed by atoms with Crippen LogP contribution in [-0.4, -0.2) is 34.6 Å². The summed E-state index contributed by atoms with van der Waals surface area (Å²) in [5, 5.41) is 0. The standard InChI is InChI=1S/C26H23N3O3/c1-31-24-11-10-19(13-25(24)32-2)18-8-5-9-22(12-18)29-17-27-14-23(29)26(30)28-15-20-6-3-4-7-21(20)16-28/h3-14,17H,15-16H2,1-2H3. The molecule has 0 bridgehead atoms. The molecule has 2 heterocycles. The number of amides is 1. The summed E-state index contributed by atoms with van der Waals surface area (Å²) in [5.74, 6) is 1.32. The smallest absolute Gasteiger partial charge is 0.273 e. The second kappa shape index (κ2) is 8.23. The summed E-state index contributed by atoms with van der Waals surface area (Å²) in [5.41, 5.74) is 5.80. The van der Waals surface area contributed by atoms with Crippen LogP contribution in [0, 0.1) is 0 Å². The van der Waals surface area contributed by atoms with E-state index in [1.807, 2.05) is 64.1 Å². The van der Waals surface area contributed by atoms with Gasteiger partial charge in [-0.1, -0.05) is 42.5 Å². The zero-order chi connectivity index (χ0) is 22.1. The predicted octanol–water partition coefficient (Wildman–Crippen LogP) is 4.71. The molecule has 1 amide bonds. The van der Waals surface area contributed by atoms with Gasteiger partial charge in [0, 0.05) is 18.8 Å². The summed E-state index contributed by atoms with van der Waals surface area (Å²) in [6, 6.07) is 22.0. The van der Waals surface area contributed by atoms with Crippen molar-refractivity contribution in [2.75, 3.05) is 14.2 Å². The molecule has 32 heavy (non-hydrogen) atoms. The van der Waals surface area contributed by atoms with Crippen LogP contribution < -0.4 is 9.47 Å². The summed E-state index contributed by atoms with van der Waals surface area (Å²) in [4.78, 5) is 19.4. The number of carbonyl (C=O) groups is 1. The van der Waals surface area contributed by atoms with E-state index in [9.17, 15) is 4.79 Å². The van der Waals surface area contributed by atoms with Crippen LogP contribution in [0.2, 0.25) is 0 Å². The second-order valence-corrected chi connectivity index (χ2v) is 7.70. The molecule has 0 spiro atoms. The largest absolute Gasteiger partial charge is 0.493 e. The van der Waals surface area contributed by atoms with Crippen LogP contribution in [0.4, 0.5) is 0 Å². The van der Waals surface area contributed by atoms with Crippen molar-refractivity contribution in [2.24, 2.45) is 0 Å². The first kappa shape index (κ1) is 19.9. The van der Waals surface area contributed by atoms with Crippen molar-refractivity contribution in [3.05, 3.63) is 96.1 Å². The quantitative estimate of drug-likeness (QED) is 0.465. The third kappa shape index (κ3) is 3.50. The van der Waals surface area contributed by atoms with Crippen LogP contribution in [0.15, 0.2) is 79.3 Å². The van der Waals surface area contributed by atoms with Crippen molar-refractivity contribution in [2.45, 2.75) is 13.1 Å². The van der Waals surface area contributed by atoms with E-state index in [1.54, 1.807) is 26.7 Å². The molecule has 0 saturated carbocycles. The second-order valence-electron chi connectivity index (χ2n) is 7.70. The number of hydrogen-bond acceptors (Lipinski definition) is 4. The topological polar surface area (TPSA) is 56.6 Å². The monoisotopic (exact) mass is 425 g/mol. The summed E-state index contributed by atoms with van der Waals surface area (Å²) in [6.07, 6.45) is 3.32. The van der Waals surface area contributed by atoms with Crippen LogP contribution in [-0.2, 0) is 13.1 Å². The summed E-state index contributed by atoms with van der Waals surface area (Å²) >= 11 is 0. The maximum atomic E-state index is 13.3. The van der Waals surface area contributed by atoms with Crippen LogP contribution in [0.3, 0.4) is 0 Å². The van der Waals surface area contributed by atoms with Gasteiger partial charge >= 0.3 is 0 Å². The van der Waals surface area contributed by atoms with Crippen molar-refractivity contribution in [3.8, 4) is 28.3 Å². The van der Waals surface area contributed by atoms with Gasteiger partial charge in [-0.05, 0) is 46.5 Å². The van der Waals surface area contributed by atoms with Crippen molar-refractivity contribution < 1.29 is 14.3 Å². The fraction of sp³-hybridized carbons (Fsp3) is 0.154. The van der Waals surface area contributed by atoms with E-state index >= 15 is 0 Å². The van der Waals surface area contributed by atoms with Gasteiger partial charge in [0.05, 0.1) is 26.7 Å². The summed E-state index contributed by atoms with van der Waals surface area (Å²) in [6.45, 7) is 1.23. The van der Waals surface area contributed by atoms with Gasteiger partial charge in [0.15, 0.2) is 11.5 Å². The molecule has 0 atom stereocenters. The molecule has 1 aliphatic rings. The lowest BCUT2D eigenvalue weighted by Gasteiger charge is -2.17. The molecule has 0 radical (unpaired) electrons. The molecule has 0 fully saturated rings. The minimum Gasteiger partial charge on any atom is -0.493 e. The maximum absolute atomic E-state index is 13.3. The number of rotatable bonds is 5. The fourth-order valence-electron chi connectivity index (χ4n) is 4.15. The lowest BCUT2D eigenvalue weighted by Crippen LogP contribution is -2.27. The maximum Gasteiger partial charge on any atom is 0.273 e. The third-order valence-electron chi connectivity index (χ3n) is 5.83. The average Bonchev–Trinajstić information content (AvgIpc) is 3.50. The number of nitrogens with zero attached hydrogens (tertiary/aromatic N) is 3. The highest BCUT2D eigenvalue weighted by atomic mass is 16.5. The minimum absolute atomic E-state index is 0.0322. The molecule has 6 nitrogen and oxygen atoms in total. The van der Waals surface area contributed by atoms with E-state index in [2.05, 4.69) is 17.1 Å². The van der Waals surface area contributed by atoms with Gasteiger partial charge in [-0.25, -0.2) is 4.98 Å². The number of benzene rings is 3. The van der Waals surface area contributed by atoms with Crippen LogP contribution in [0.1, 0.15) is 21.6 Å². The lowest BCUT2D eigenvalue weighted by atomic mass is 10.0. The molecular weight excluding hydrogens is 402 g/mol. The Balaban J connectivity index is 1.45. The zero-order valence-corrected chi connectivity index (χ0v) is 18.0. The van der Waals surface area contributed by atoms with Gasteiger partial charge in [-0.3, -0.25) is 9.36 Å². The van der Waals surface area contributed by atoms with Gasteiger partial charge < -0.3 is 14.4 Å². The molecule has 4 aromatic rings. The molecule has 3 aromatic carbocycles. The van der Waals surface area contributed by atoms with Crippen molar-refractivity contribution in [1.29, 1.82) is 0 Å². The Bertz CT molecular complexity index is 1270. The Morgan fingerprint density at radius 2 is 1.56 bits per heavy atom.